The van der Waals surface area contributed by atoms with E-state index in [2.05, 4.69) is 10.3 Å². The van der Waals surface area contributed by atoms with Gasteiger partial charge in [0.15, 0.2) is 0 Å². The van der Waals surface area contributed by atoms with Crippen molar-refractivity contribution in [2.75, 3.05) is 16.3 Å². The number of aromatic nitrogens is 3. The minimum atomic E-state index is -1.04. The highest BCUT2D eigenvalue weighted by molar-refractivity contribution is 6.02. The first kappa shape index (κ1) is 15.0. The predicted octanol–water partition coefficient (Wildman–Crippen LogP) is 1.72. The van der Waals surface area contributed by atoms with E-state index < -0.39 is 6.09 Å². The quantitative estimate of drug-likeness (QED) is 0.865. The number of fused-ring (bicyclic) bond motifs is 1. The number of aryl methyl sites for hydroxylation is 1. The molecular weight excluding hydrogens is 298 g/mol. The molecule has 1 N–H and O–H groups in total. The first-order valence-corrected chi connectivity index (χ1v) is 7.19. The van der Waals surface area contributed by atoms with Crippen LogP contribution in [-0.2, 0) is 11.8 Å². The Hall–Kier alpha value is -2.90. The first-order valence-electron chi connectivity index (χ1n) is 7.19. The van der Waals surface area contributed by atoms with Crippen molar-refractivity contribution >= 4 is 23.4 Å². The molecule has 2 amide bonds. The lowest BCUT2D eigenvalue weighted by molar-refractivity contribution is -0.117. The molecule has 2 aromatic rings. The average Bonchev–Trinajstić information content (AvgIpc) is 2.91. The Morgan fingerprint density at radius 1 is 1.30 bits per heavy atom. The maximum Gasteiger partial charge on any atom is 0.411 e. The number of nitrogens with zero attached hydrogens (tertiary/aromatic N) is 5. The molecule has 0 spiro atoms. The van der Waals surface area contributed by atoms with Gasteiger partial charge in [-0.15, -0.1) is 5.10 Å². The van der Waals surface area contributed by atoms with Gasteiger partial charge in [0.25, 0.3) is 0 Å². The van der Waals surface area contributed by atoms with E-state index in [1.54, 1.807) is 35.0 Å². The largest absolute Gasteiger partial charge is 0.465 e. The van der Waals surface area contributed by atoms with Gasteiger partial charge in [0.2, 0.25) is 5.91 Å². The summed E-state index contributed by atoms with van der Waals surface area (Å²) in [6, 6.07) is 5.08. The smallest absolute Gasteiger partial charge is 0.411 e. The van der Waals surface area contributed by atoms with Crippen molar-refractivity contribution in [3.63, 3.8) is 0 Å². The number of hydrogen-bond acceptors (Lipinski definition) is 4. The Kier molecular flexibility index (Phi) is 3.51. The predicted molar refractivity (Wildman–Crippen MR) is 84.4 cm³/mol. The lowest BCUT2D eigenvalue weighted by atomic mass is 10.0. The second-order valence-corrected chi connectivity index (χ2v) is 5.61. The molecule has 120 valence electrons. The van der Waals surface area contributed by atoms with E-state index in [-0.39, 0.29) is 18.5 Å². The first-order chi connectivity index (χ1) is 10.9. The van der Waals surface area contributed by atoms with Crippen molar-refractivity contribution in [1.82, 2.24) is 15.0 Å². The maximum absolute atomic E-state index is 11.9. The van der Waals surface area contributed by atoms with Crippen LogP contribution in [0.1, 0.15) is 13.8 Å². The molecule has 23 heavy (non-hydrogen) atoms. The van der Waals surface area contributed by atoms with Crippen LogP contribution in [0.25, 0.3) is 11.3 Å². The Balaban J connectivity index is 2.14. The van der Waals surface area contributed by atoms with Gasteiger partial charge in [0.05, 0.1) is 23.6 Å². The highest BCUT2D eigenvalue weighted by Gasteiger charge is 2.33. The fourth-order valence-corrected chi connectivity index (χ4v) is 2.93. The van der Waals surface area contributed by atoms with E-state index in [9.17, 15) is 14.7 Å². The Morgan fingerprint density at radius 3 is 2.61 bits per heavy atom. The molecule has 1 aromatic heterocycles. The van der Waals surface area contributed by atoms with Crippen molar-refractivity contribution in [2.45, 2.75) is 19.9 Å². The van der Waals surface area contributed by atoms with E-state index >= 15 is 0 Å². The van der Waals surface area contributed by atoms with Crippen LogP contribution in [0.2, 0.25) is 0 Å². The molecule has 8 nitrogen and oxygen atoms in total. The van der Waals surface area contributed by atoms with Crippen LogP contribution in [0.5, 0.6) is 0 Å². The van der Waals surface area contributed by atoms with Crippen molar-refractivity contribution in [3.8, 4) is 11.3 Å². The third kappa shape index (κ3) is 2.52. The lowest BCUT2D eigenvalue weighted by Gasteiger charge is -2.39. The number of rotatable bonds is 1. The van der Waals surface area contributed by atoms with Crippen molar-refractivity contribution < 1.29 is 14.7 Å². The van der Waals surface area contributed by atoms with E-state index in [1.807, 2.05) is 13.0 Å². The standard InChI is InChI=1S/C15H17N5O3/c1-9-7-19(15(22)23)14-6-11(12-8-18(3)17-16-12)4-5-13(14)20(9)10(2)21/h4-6,8-9H,7H2,1-3H3,(H,22,23)/t9-/m0/s1. The van der Waals surface area contributed by atoms with Gasteiger partial charge in [-0.25, -0.2) is 4.79 Å². The van der Waals surface area contributed by atoms with E-state index in [0.29, 0.717) is 17.1 Å². The zero-order chi connectivity index (χ0) is 16.7. The lowest BCUT2D eigenvalue weighted by Crippen LogP contribution is -2.51. The highest BCUT2D eigenvalue weighted by Crippen LogP contribution is 2.38. The fourth-order valence-electron chi connectivity index (χ4n) is 2.93. The zero-order valence-corrected chi connectivity index (χ0v) is 13.1. The SMILES string of the molecule is CC(=O)N1c2ccc(-c3cn(C)nn3)cc2N(C(=O)O)C[C@@H]1C. The van der Waals surface area contributed by atoms with Gasteiger partial charge >= 0.3 is 6.09 Å². The third-order valence-electron chi connectivity index (χ3n) is 3.88. The van der Waals surface area contributed by atoms with Gasteiger partial charge < -0.3 is 10.0 Å². The number of carboxylic acid groups (broad SMARTS) is 1. The van der Waals surface area contributed by atoms with E-state index in [0.717, 1.165) is 5.56 Å². The third-order valence-corrected chi connectivity index (χ3v) is 3.88. The minimum absolute atomic E-state index is 0.115. The average molecular weight is 315 g/mol. The van der Waals surface area contributed by atoms with Crippen LogP contribution in [0.15, 0.2) is 24.4 Å². The number of benzene rings is 1. The molecule has 1 aliphatic rings. The van der Waals surface area contributed by atoms with Crippen LogP contribution in [0, 0.1) is 0 Å². The molecule has 0 aliphatic carbocycles. The summed E-state index contributed by atoms with van der Waals surface area (Å²) in [6.07, 6.45) is 0.707. The van der Waals surface area contributed by atoms with Gasteiger partial charge in [-0.3, -0.25) is 14.4 Å². The molecule has 8 heteroatoms. The van der Waals surface area contributed by atoms with Crippen LogP contribution >= 0.6 is 0 Å². The summed E-state index contributed by atoms with van der Waals surface area (Å²) in [4.78, 5) is 26.4. The summed E-state index contributed by atoms with van der Waals surface area (Å²) >= 11 is 0. The highest BCUT2D eigenvalue weighted by atomic mass is 16.4. The van der Waals surface area contributed by atoms with Crippen LogP contribution < -0.4 is 9.80 Å². The number of carbonyl (C=O) groups is 2. The van der Waals surface area contributed by atoms with Crippen LogP contribution in [0.3, 0.4) is 0 Å². The monoisotopic (exact) mass is 315 g/mol. The van der Waals surface area contributed by atoms with Crippen LogP contribution in [0.4, 0.5) is 16.2 Å². The summed E-state index contributed by atoms with van der Waals surface area (Å²) in [6.45, 7) is 3.54. The molecule has 1 aromatic carbocycles. The molecule has 2 heterocycles. The molecule has 1 aliphatic heterocycles. The molecule has 1 atom stereocenters. The Bertz CT molecular complexity index is 785. The molecule has 0 saturated heterocycles. The summed E-state index contributed by atoms with van der Waals surface area (Å²) in [7, 11) is 1.76. The topological polar surface area (TPSA) is 91.6 Å². The zero-order valence-electron chi connectivity index (χ0n) is 13.1. The fraction of sp³-hybridized carbons (Fsp3) is 0.333. The maximum atomic E-state index is 11.9. The van der Waals surface area contributed by atoms with E-state index in [4.69, 9.17) is 0 Å². The number of anilines is 2. The second-order valence-electron chi connectivity index (χ2n) is 5.61. The second kappa shape index (κ2) is 5.38. The molecular formula is C15H17N5O3. The number of hydrogen-bond donors (Lipinski definition) is 1. The molecule has 0 fully saturated rings. The summed E-state index contributed by atoms with van der Waals surface area (Å²) in [5.74, 6) is -0.115. The molecule has 0 bridgehead atoms. The summed E-state index contributed by atoms with van der Waals surface area (Å²) < 4.78 is 1.58. The molecule has 0 saturated carbocycles. The summed E-state index contributed by atoms with van der Waals surface area (Å²) in [5.41, 5.74) is 2.47. The minimum Gasteiger partial charge on any atom is -0.465 e. The molecule has 3 rings (SSSR count). The normalized spacial score (nSPS) is 17.1. The van der Waals surface area contributed by atoms with Gasteiger partial charge in [-0.1, -0.05) is 11.3 Å². The van der Waals surface area contributed by atoms with Gasteiger partial charge in [-0.2, -0.15) is 0 Å². The Morgan fingerprint density at radius 2 is 2.04 bits per heavy atom. The van der Waals surface area contributed by atoms with Crippen molar-refractivity contribution in [1.29, 1.82) is 0 Å². The molecule has 0 unspecified atom stereocenters. The van der Waals surface area contributed by atoms with Crippen molar-refractivity contribution in [2.24, 2.45) is 7.05 Å². The van der Waals surface area contributed by atoms with Gasteiger partial charge in [0, 0.05) is 26.1 Å². The summed E-state index contributed by atoms with van der Waals surface area (Å²) in [5, 5.41) is 17.4. The number of carbonyl (C=O) groups excluding carboxylic acids is 1. The van der Waals surface area contributed by atoms with Gasteiger partial charge in [-0.05, 0) is 19.1 Å². The Labute approximate surface area is 132 Å². The van der Waals surface area contributed by atoms with Crippen molar-refractivity contribution in [3.05, 3.63) is 24.4 Å². The van der Waals surface area contributed by atoms with Crippen LogP contribution in [-0.4, -0.2) is 44.7 Å². The van der Waals surface area contributed by atoms with E-state index in [1.165, 1.54) is 11.8 Å². The van der Waals surface area contributed by atoms with Gasteiger partial charge in [0.1, 0.15) is 5.69 Å². The number of amides is 2. The molecule has 0 radical (unpaired) electrons.